The van der Waals surface area contributed by atoms with E-state index in [1.165, 1.54) is 5.56 Å². The maximum Gasteiger partial charge on any atom is 0.229 e. The average Bonchev–Trinajstić information content (AvgIpc) is 2.77. The highest BCUT2D eigenvalue weighted by atomic mass is 16.5. The van der Waals surface area contributed by atoms with Crippen molar-refractivity contribution in [2.24, 2.45) is 0 Å². The summed E-state index contributed by atoms with van der Waals surface area (Å²) >= 11 is 0. The number of hydrogen-bond acceptors (Lipinski definition) is 2. The monoisotopic (exact) mass is 301 g/mol. The zero-order valence-corrected chi connectivity index (χ0v) is 14.1. The number of ether oxygens (including phenoxy) is 1. The highest BCUT2D eigenvalue weighted by molar-refractivity contribution is 5.96. The molecule has 0 saturated heterocycles. The van der Waals surface area contributed by atoms with Crippen molar-refractivity contribution in [2.45, 2.75) is 40.3 Å². The first kappa shape index (κ1) is 16.4. The minimum absolute atomic E-state index is 0.137. The third-order valence-electron chi connectivity index (χ3n) is 4.02. The second-order valence-electron chi connectivity index (χ2n) is 5.93. The molecule has 118 valence electrons. The number of carbonyl (C=O) groups excluding carboxylic acids is 1. The molecule has 0 N–H and O–H groups in total. The lowest BCUT2D eigenvalue weighted by atomic mass is 10.1. The van der Waals surface area contributed by atoms with Crippen LogP contribution in [-0.4, -0.2) is 24.1 Å². The zero-order chi connectivity index (χ0) is 16.3. The predicted octanol–water partition coefficient (Wildman–Crippen LogP) is 2.79. The van der Waals surface area contributed by atoms with Gasteiger partial charge >= 0.3 is 0 Å². The third-order valence-corrected chi connectivity index (χ3v) is 4.02. The number of methoxy groups -OCH3 is 1. The van der Waals surface area contributed by atoms with Gasteiger partial charge in [-0.2, -0.15) is 4.57 Å². The van der Waals surface area contributed by atoms with E-state index in [-0.39, 0.29) is 11.8 Å². The fourth-order valence-electron chi connectivity index (χ4n) is 2.94. The van der Waals surface area contributed by atoms with E-state index in [0.717, 1.165) is 17.0 Å². The summed E-state index contributed by atoms with van der Waals surface area (Å²) in [6.45, 7) is 9.19. The van der Waals surface area contributed by atoms with Crippen molar-refractivity contribution in [1.29, 1.82) is 0 Å². The van der Waals surface area contributed by atoms with Crippen molar-refractivity contribution in [3.8, 4) is 0 Å². The van der Waals surface area contributed by atoms with Crippen molar-refractivity contribution in [2.75, 3.05) is 13.7 Å². The van der Waals surface area contributed by atoms with Crippen LogP contribution in [0.5, 0.6) is 0 Å². The maximum absolute atomic E-state index is 12.6. The quantitative estimate of drug-likeness (QED) is 0.607. The van der Waals surface area contributed by atoms with Crippen LogP contribution >= 0.6 is 0 Å². The van der Waals surface area contributed by atoms with Crippen LogP contribution in [0.1, 0.15) is 40.3 Å². The maximum atomic E-state index is 12.6. The van der Waals surface area contributed by atoms with E-state index in [4.69, 9.17) is 4.74 Å². The van der Waals surface area contributed by atoms with Crippen LogP contribution < -0.4 is 4.57 Å². The summed E-state index contributed by atoms with van der Waals surface area (Å²) in [6, 6.07) is 6.23. The molecule has 0 bridgehead atoms. The predicted molar refractivity (Wildman–Crippen MR) is 86.2 cm³/mol. The Hall–Kier alpha value is -1.94. The molecule has 0 spiro atoms. The van der Waals surface area contributed by atoms with Crippen molar-refractivity contribution >= 4 is 5.78 Å². The van der Waals surface area contributed by atoms with Gasteiger partial charge in [0.2, 0.25) is 12.3 Å². The van der Waals surface area contributed by atoms with Crippen molar-refractivity contribution in [3.63, 3.8) is 0 Å². The number of aryl methyl sites for hydroxylation is 2. The first-order chi connectivity index (χ1) is 10.4. The van der Waals surface area contributed by atoms with Crippen LogP contribution in [0.25, 0.3) is 0 Å². The molecule has 2 aromatic rings. The molecule has 0 saturated carbocycles. The first-order valence-corrected chi connectivity index (χ1v) is 7.60. The van der Waals surface area contributed by atoms with E-state index in [2.05, 4.69) is 11.5 Å². The fourth-order valence-corrected chi connectivity index (χ4v) is 2.94. The lowest BCUT2D eigenvalue weighted by Crippen LogP contribution is -2.37. The summed E-state index contributed by atoms with van der Waals surface area (Å²) in [7, 11) is 1.70. The molecule has 0 unspecified atom stereocenters. The molecule has 0 fully saturated rings. The average molecular weight is 301 g/mol. The van der Waals surface area contributed by atoms with Gasteiger partial charge in [-0.15, -0.1) is 0 Å². The zero-order valence-electron chi connectivity index (χ0n) is 14.1. The smallest absolute Gasteiger partial charge is 0.229 e. The number of nitrogens with zero attached hydrogens (tertiary/aromatic N) is 2. The van der Waals surface area contributed by atoms with Gasteiger partial charge in [0.25, 0.3) is 0 Å². The number of aromatic nitrogens is 2. The molecule has 0 aromatic carbocycles. The Balaban J connectivity index is 2.23. The standard InChI is InChI=1S/C18H25N2O2/c1-13-6-8-19(9-7-13)11-18(21)17-10-14(2)20(16(17)4)15(3)12-22-5/h6-10,15H,11-12H2,1-5H3/q+1/t15-/m1/s1. The van der Waals surface area contributed by atoms with Crippen molar-refractivity contribution in [1.82, 2.24) is 4.57 Å². The normalized spacial score (nSPS) is 12.4. The fraction of sp³-hybridized carbons (Fsp3) is 0.444. The SMILES string of the molecule is COC[C@@H](C)n1c(C)cc(C(=O)C[n+]2ccc(C)cc2)c1C. The lowest BCUT2D eigenvalue weighted by Gasteiger charge is -2.17. The van der Waals surface area contributed by atoms with Crippen LogP contribution in [0.3, 0.4) is 0 Å². The lowest BCUT2D eigenvalue weighted by molar-refractivity contribution is -0.683. The van der Waals surface area contributed by atoms with Crippen LogP contribution in [0, 0.1) is 20.8 Å². The Morgan fingerprint density at radius 2 is 1.91 bits per heavy atom. The van der Waals surface area contributed by atoms with Gasteiger partial charge in [0.05, 0.1) is 12.6 Å². The largest absolute Gasteiger partial charge is 0.383 e. The van der Waals surface area contributed by atoms with Gasteiger partial charge in [-0.3, -0.25) is 4.79 Å². The summed E-state index contributed by atoms with van der Waals surface area (Å²) in [5.41, 5.74) is 4.10. The number of rotatable bonds is 6. The molecule has 2 aromatic heterocycles. The van der Waals surface area contributed by atoms with Crippen LogP contribution in [0.2, 0.25) is 0 Å². The highest BCUT2D eigenvalue weighted by Crippen LogP contribution is 2.21. The minimum atomic E-state index is 0.137. The van der Waals surface area contributed by atoms with Gasteiger partial charge in [-0.1, -0.05) is 0 Å². The van der Waals surface area contributed by atoms with E-state index in [1.54, 1.807) is 7.11 Å². The number of pyridine rings is 1. The Bertz CT molecular complexity index is 656. The molecule has 2 heterocycles. The molecular weight excluding hydrogens is 276 g/mol. The second kappa shape index (κ2) is 6.88. The summed E-state index contributed by atoms with van der Waals surface area (Å²) < 4.78 is 9.33. The molecule has 0 aliphatic carbocycles. The minimum Gasteiger partial charge on any atom is -0.383 e. The van der Waals surface area contributed by atoms with Gasteiger partial charge in [0.1, 0.15) is 0 Å². The number of ketones is 1. The van der Waals surface area contributed by atoms with Gasteiger partial charge in [0.15, 0.2) is 12.4 Å². The van der Waals surface area contributed by atoms with E-state index in [9.17, 15) is 4.79 Å². The molecule has 22 heavy (non-hydrogen) atoms. The van der Waals surface area contributed by atoms with Gasteiger partial charge < -0.3 is 9.30 Å². The molecule has 4 nitrogen and oxygen atoms in total. The summed E-state index contributed by atoms with van der Waals surface area (Å²) in [6.07, 6.45) is 3.89. The Labute approximate surface area is 132 Å². The first-order valence-electron chi connectivity index (χ1n) is 7.60. The van der Waals surface area contributed by atoms with E-state index >= 15 is 0 Å². The summed E-state index contributed by atoms with van der Waals surface area (Å²) in [4.78, 5) is 12.6. The molecule has 0 amide bonds. The van der Waals surface area contributed by atoms with Crippen molar-refractivity contribution in [3.05, 3.63) is 53.1 Å². The van der Waals surface area contributed by atoms with Gasteiger partial charge in [0, 0.05) is 36.2 Å². The Kier molecular flexibility index (Phi) is 5.14. The highest BCUT2D eigenvalue weighted by Gasteiger charge is 2.21. The van der Waals surface area contributed by atoms with Gasteiger partial charge in [-0.05, 0) is 39.3 Å². The third kappa shape index (κ3) is 3.45. The second-order valence-corrected chi connectivity index (χ2v) is 5.93. The summed E-state index contributed by atoms with van der Waals surface area (Å²) in [5.74, 6) is 0.137. The molecule has 0 radical (unpaired) electrons. The molecule has 0 aliphatic rings. The van der Waals surface area contributed by atoms with Crippen LogP contribution in [-0.2, 0) is 11.3 Å². The molecule has 4 heteroatoms. The molecule has 0 aliphatic heterocycles. The van der Waals surface area contributed by atoms with E-state index < -0.39 is 0 Å². The Morgan fingerprint density at radius 3 is 2.50 bits per heavy atom. The summed E-state index contributed by atoms with van der Waals surface area (Å²) in [5, 5.41) is 0. The van der Waals surface area contributed by atoms with Crippen LogP contribution in [0.15, 0.2) is 30.6 Å². The topological polar surface area (TPSA) is 35.1 Å². The number of carbonyl (C=O) groups is 1. The van der Waals surface area contributed by atoms with E-state index in [1.807, 2.05) is 55.9 Å². The van der Waals surface area contributed by atoms with Gasteiger partial charge in [-0.25, -0.2) is 0 Å². The molecule has 2 rings (SSSR count). The molecule has 1 atom stereocenters. The van der Waals surface area contributed by atoms with Crippen LogP contribution in [0.4, 0.5) is 0 Å². The number of hydrogen-bond donors (Lipinski definition) is 0. The molecular formula is C18H25N2O2+. The Morgan fingerprint density at radius 1 is 1.27 bits per heavy atom. The number of Topliss-reactive ketones (excluding diaryl/α,β-unsaturated/α-hetero) is 1. The van der Waals surface area contributed by atoms with E-state index in [0.29, 0.717) is 13.2 Å². The van der Waals surface area contributed by atoms with Crippen molar-refractivity contribution < 1.29 is 14.1 Å².